The van der Waals surface area contributed by atoms with Crippen LogP contribution in [-0.2, 0) is 11.4 Å². The summed E-state index contributed by atoms with van der Waals surface area (Å²) in [6.45, 7) is 1.64. The number of hydrogen-bond acceptors (Lipinski definition) is 5. The normalized spacial score (nSPS) is 20.4. The van der Waals surface area contributed by atoms with Crippen LogP contribution in [-0.4, -0.2) is 46.4 Å². The highest BCUT2D eigenvalue weighted by atomic mass is 32.1. The second-order valence-corrected chi connectivity index (χ2v) is 5.63. The Morgan fingerprint density at radius 1 is 1.40 bits per heavy atom. The van der Waals surface area contributed by atoms with Gasteiger partial charge in [0.1, 0.15) is 0 Å². The number of amides is 2. The number of fused-ring (bicyclic) bond motifs is 1. The minimum Gasteiger partial charge on any atom is -0.448 e. The first kappa shape index (κ1) is 13.2. The van der Waals surface area contributed by atoms with Crippen LogP contribution in [0.5, 0.6) is 0 Å². The molecule has 7 nitrogen and oxygen atoms in total. The molecule has 20 heavy (non-hydrogen) atoms. The second-order valence-electron chi connectivity index (χ2n) is 4.89. The van der Waals surface area contributed by atoms with Gasteiger partial charge in [-0.1, -0.05) is 0 Å². The molecule has 0 spiro atoms. The van der Waals surface area contributed by atoms with Crippen LogP contribution >= 0.6 is 11.3 Å². The molecule has 0 radical (unpaired) electrons. The van der Waals surface area contributed by atoms with Crippen LogP contribution in [0.1, 0.15) is 18.4 Å². The Labute approximate surface area is 119 Å². The van der Waals surface area contributed by atoms with Gasteiger partial charge in [0.05, 0.1) is 12.2 Å². The van der Waals surface area contributed by atoms with Crippen molar-refractivity contribution in [3.05, 3.63) is 16.3 Å². The molecule has 3 heterocycles. The smallest absolute Gasteiger partial charge is 0.448 e. The van der Waals surface area contributed by atoms with Gasteiger partial charge in [0.15, 0.2) is 0 Å². The fraction of sp³-hybridized carbons (Fsp3) is 0.500. The van der Waals surface area contributed by atoms with E-state index in [0.717, 1.165) is 11.3 Å². The molecule has 0 bridgehead atoms. The molecule has 108 valence electrons. The molecule has 1 saturated heterocycles. The molecule has 8 heteroatoms. The quantitative estimate of drug-likeness (QED) is 0.874. The number of rotatable bonds is 2. The van der Waals surface area contributed by atoms with Crippen molar-refractivity contribution in [3.63, 3.8) is 0 Å². The van der Waals surface area contributed by atoms with Gasteiger partial charge in [-0.15, -0.1) is 16.4 Å². The molecular weight excluding hydrogens is 282 g/mol. The number of urea groups is 1. The fourth-order valence-corrected chi connectivity index (χ4v) is 3.43. The number of hydroxylamine groups is 2. The van der Waals surface area contributed by atoms with Gasteiger partial charge in [0, 0.05) is 30.1 Å². The Kier molecular flexibility index (Phi) is 3.49. The van der Waals surface area contributed by atoms with Crippen LogP contribution in [0.2, 0.25) is 0 Å². The van der Waals surface area contributed by atoms with Crippen LogP contribution in [0.3, 0.4) is 0 Å². The van der Waals surface area contributed by atoms with Gasteiger partial charge in [-0.2, -0.15) is 0 Å². The van der Waals surface area contributed by atoms with Gasteiger partial charge in [-0.25, -0.2) is 9.59 Å². The predicted octanol–water partition coefficient (Wildman–Crippen LogP) is 2.17. The molecule has 2 aliphatic rings. The lowest BCUT2D eigenvalue weighted by molar-refractivity contribution is -0.136. The number of nitrogens with zero attached hydrogens (tertiary/aromatic N) is 2. The maximum absolute atomic E-state index is 12.1. The van der Waals surface area contributed by atoms with Crippen LogP contribution < -0.4 is 5.32 Å². The molecule has 0 saturated carbocycles. The summed E-state index contributed by atoms with van der Waals surface area (Å²) in [6.07, 6.45) is 0.127. The molecule has 2 aliphatic heterocycles. The van der Waals surface area contributed by atoms with Gasteiger partial charge in [-0.05, 0) is 18.2 Å². The monoisotopic (exact) mass is 297 g/mol. The van der Waals surface area contributed by atoms with Crippen LogP contribution in [0.25, 0.3) is 0 Å². The molecule has 1 aromatic rings. The van der Waals surface area contributed by atoms with E-state index in [1.807, 2.05) is 15.7 Å². The van der Waals surface area contributed by atoms with Crippen LogP contribution in [0.15, 0.2) is 10.8 Å². The van der Waals surface area contributed by atoms with Gasteiger partial charge in [0.2, 0.25) is 0 Å². The Morgan fingerprint density at radius 2 is 2.15 bits per heavy atom. The first-order valence-electron chi connectivity index (χ1n) is 6.42. The lowest BCUT2D eigenvalue weighted by Crippen LogP contribution is -2.50. The number of anilines is 1. The Bertz CT molecular complexity index is 525. The maximum Gasteiger partial charge on any atom is 0.525 e. The molecule has 0 aromatic carbocycles. The summed E-state index contributed by atoms with van der Waals surface area (Å²) < 4.78 is 0. The summed E-state index contributed by atoms with van der Waals surface area (Å²) in [5.74, 6) is 0. The van der Waals surface area contributed by atoms with Gasteiger partial charge < -0.3 is 20.2 Å². The third-order valence-electron chi connectivity index (χ3n) is 3.66. The highest BCUT2D eigenvalue weighted by molar-refractivity contribution is 7.08. The lowest BCUT2D eigenvalue weighted by atomic mass is 10.0. The predicted molar refractivity (Wildman–Crippen MR) is 72.6 cm³/mol. The Hall–Kier alpha value is -1.80. The van der Waals surface area contributed by atoms with E-state index in [4.69, 9.17) is 5.11 Å². The van der Waals surface area contributed by atoms with Crippen molar-refractivity contribution < 1.29 is 19.5 Å². The number of carboxylic acid groups (broad SMARTS) is 1. The first-order valence-corrected chi connectivity index (χ1v) is 7.36. The van der Waals surface area contributed by atoms with Crippen molar-refractivity contribution in [1.82, 2.24) is 9.96 Å². The molecule has 0 aliphatic carbocycles. The van der Waals surface area contributed by atoms with Gasteiger partial charge in [0.25, 0.3) is 0 Å². The molecule has 0 atom stereocenters. The zero-order chi connectivity index (χ0) is 14.1. The van der Waals surface area contributed by atoms with Gasteiger partial charge in [-0.3, -0.25) is 0 Å². The fourth-order valence-electron chi connectivity index (χ4n) is 2.65. The molecular formula is C12H15N3O4S. The van der Waals surface area contributed by atoms with E-state index >= 15 is 0 Å². The van der Waals surface area contributed by atoms with Gasteiger partial charge >= 0.3 is 12.2 Å². The van der Waals surface area contributed by atoms with Crippen LogP contribution in [0.4, 0.5) is 15.3 Å². The minimum absolute atomic E-state index is 0.0755. The molecule has 2 N–H and O–H groups in total. The van der Waals surface area contributed by atoms with E-state index < -0.39 is 6.16 Å². The number of carbonyl (C=O) groups excluding carboxylic acids is 1. The Morgan fingerprint density at radius 3 is 2.85 bits per heavy atom. The van der Waals surface area contributed by atoms with Crippen molar-refractivity contribution in [1.29, 1.82) is 0 Å². The zero-order valence-corrected chi connectivity index (χ0v) is 11.6. The minimum atomic E-state index is -1.29. The summed E-state index contributed by atoms with van der Waals surface area (Å²) >= 11 is 1.58. The van der Waals surface area contributed by atoms with Crippen molar-refractivity contribution in [3.8, 4) is 0 Å². The zero-order valence-electron chi connectivity index (χ0n) is 10.7. The SMILES string of the molecule is O=C(O)ON1CCC(N2Cc3cscc3NC2=O)CC1. The molecule has 1 aromatic heterocycles. The number of nitrogens with one attached hydrogen (secondary N) is 1. The van der Waals surface area contributed by atoms with Crippen LogP contribution in [0, 0.1) is 0 Å². The summed E-state index contributed by atoms with van der Waals surface area (Å²) in [7, 11) is 0. The van der Waals surface area contributed by atoms with E-state index in [0.29, 0.717) is 32.5 Å². The first-order chi connectivity index (χ1) is 9.63. The molecule has 1 fully saturated rings. The average Bonchev–Trinajstić information content (AvgIpc) is 2.85. The summed E-state index contributed by atoms with van der Waals surface area (Å²) in [4.78, 5) is 29.0. The summed E-state index contributed by atoms with van der Waals surface area (Å²) in [6, 6.07) is 0.0465. The number of piperidine rings is 1. The van der Waals surface area contributed by atoms with E-state index in [9.17, 15) is 9.59 Å². The number of hydrogen-bond donors (Lipinski definition) is 2. The molecule has 2 amide bonds. The van der Waals surface area contributed by atoms with E-state index in [1.165, 1.54) is 5.06 Å². The maximum atomic E-state index is 12.1. The Balaban J connectivity index is 1.61. The average molecular weight is 297 g/mol. The largest absolute Gasteiger partial charge is 0.525 e. The second kappa shape index (κ2) is 5.29. The third-order valence-corrected chi connectivity index (χ3v) is 4.45. The number of thiophene rings is 1. The molecule has 3 rings (SSSR count). The lowest BCUT2D eigenvalue weighted by Gasteiger charge is -2.39. The standard InChI is InChI=1S/C12H15N3O4S/c16-11-13-10-7-20-6-8(10)5-15(11)9-1-3-14(4-2-9)19-12(17)18/h6-7,9H,1-5H2,(H,13,16)(H,17,18). The van der Waals surface area contributed by atoms with Crippen molar-refractivity contribution in [2.45, 2.75) is 25.4 Å². The highest BCUT2D eigenvalue weighted by Crippen LogP contribution is 2.30. The molecule has 0 unspecified atom stereocenters. The van der Waals surface area contributed by atoms with E-state index in [1.54, 1.807) is 11.3 Å². The van der Waals surface area contributed by atoms with E-state index in [-0.39, 0.29) is 12.1 Å². The highest BCUT2D eigenvalue weighted by Gasteiger charge is 2.32. The number of carbonyl (C=O) groups is 2. The third kappa shape index (κ3) is 2.56. The van der Waals surface area contributed by atoms with E-state index in [2.05, 4.69) is 10.2 Å². The van der Waals surface area contributed by atoms with Crippen molar-refractivity contribution in [2.24, 2.45) is 0 Å². The topological polar surface area (TPSA) is 82.1 Å². The van der Waals surface area contributed by atoms with Crippen molar-refractivity contribution >= 4 is 29.2 Å². The van der Waals surface area contributed by atoms with Crippen molar-refractivity contribution in [2.75, 3.05) is 18.4 Å². The summed E-state index contributed by atoms with van der Waals surface area (Å²) in [5.41, 5.74) is 2.04. The summed E-state index contributed by atoms with van der Waals surface area (Å²) in [5, 5.41) is 16.9.